The highest BCUT2D eigenvalue weighted by Crippen LogP contribution is 2.45. The van der Waals surface area contributed by atoms with Crippen LogP contribution < -0.4 is 36.2 Å². The van der Waals surface area contributed by atoms with Crippen molar-refractivity contribution in [3.8, 4) is 23.0 Å². The number of rotatable bonds is 27. The van der Waals surface area contributed by atoms with Crippen LogP contribution in [0.25, 0.3) is 0 Å². The van der Waals surface area contributed by atoms with Gasteiger partial charge in [-0.2, -0.15) is 0 Å². The number of para-hydroxylation sites is 1. The van der Waals surface area contributed by atoms with Crippen LogP contribution in [0.15, 0.2) is 171 Å². The molecule has 0 aromatic heterocycles. The fourth-order valence-electron chi connectivity index (χ4n) is 18.9. The van der Waals surface area contributed by atoms with E-state index in [9.17, 15) is 85.1 Å². The first kappa shape index (κ1) is 118. The number of Topliss-reactive ketones (excluding diaryl/α,β-unsaturated/α-hetero) is 4. The summed E-state index contributed by atoms with van der Waals surface area (Å²) in [7, 11) is -15.8. The fraction of sp³-hybridized carbons (Fsp3) is 0.514. The maximum absolute atomic E-state index is 13.9. The van der Waals surface area contributed by atoms with E-state index in [1.165, 1.54) is 157 Å². The lowest BCUT2D eigenvalue weighted by molar-refractivity contribution is -0.156. The molecule has 0 aliphatic carbocycles. The van der Waals surface area contributed by atoms with Crippen molar-refractivity contribution in [1.82, 2.24) is 0 Å². The van der Waals surface area contributed by atoms with Crippen LogP contribution in [0, 0.1) is 23.7 Å². The minimum absolute atomic E-state index is 0.0274. The predicted molar refractivity (Wildman–Crippen MR) is 558 cm³/mol. The number of sulfonamides is 4. The molecule has 0 unspecified atom stereocenters. The standard InChI is InChI=1S/C26H31F2NO5S.C26H31NO6S.C25H31F2NO5S.C24H29NO5S.C4H6O3.C4H8O.C2H6O/c1-17-4-5-20-14-21(26(3,27)28)6-8-24(20)29(17)35(31,32)22-7-9-25(23(15-22)18(2)30)34-16-19-10-12-33-13-11-19;1-17-4-5-22-14-21(18(2)28)6-8-25(22)27(17)34(30,31)23-7-9-26(24(15-23)19(3)29)33-16-20-10-12-32-13-11-20;1-17-3-4-19-13-21(25(2,26)27)5-7-23(19)28(17)34(30,31)22-6-8-24(20(14-22)15-29)33-16-18-9-11-32-12-10-18;1-17-7-8-20-5-3-4-6-23(20)25(17)31(27,28)21-9-10-24(22(15-21)18(2)26)30-16-19-11-13-29-14-12-19;1-3(5)7-4(2)6;1-2-4-5-3-1;1-2-3/h6-9,14-15,17,19H,4-5,10-13,16H2,1-3H3;6-9,14-15,17,20H,4-5,10-13,16H2,1-3H3;5-8,13-14,17-18,29H,3-4,9-12,15-16H2,1-2H3;3-6,9-10,15,17,19H,7-8,11-14,16H2,1-2H3;1-2H3;1-4H2;3H,2H2,1H3/t4*17-;;;/m0000.../s1. The summed E-state index contributed by atoms with van der Waals surface area (Å²) in [6, 6.07) is 37.8. The summed E-state index contributed by atoms with van der Waals surface area (Å²) < 4.78 is 225. The first-order chi connectivity index (χ1) is 70.7. The number of carbonyl (C=O) groups is 6. The van der Waals surface area contributed by atoms with Gasteiger partial charge in [0.1, 0.15) is 23.0 Å². The van der Waals surface area contributed by atoms with Crippen LogP contribution in [0.2, 0.25) is 0 Å². The second-order valence-corrected chi connectivity index (χ2v) is 46.3. The molecule has 30 nitrogen and oxygen atoms in total. The van der Waals surface area contributed by atoms with E-state index < -0.39 is 63.9 Å². The van der Waals surface area contributed by atoms with Gasteiger partial charge in [-0.25, -0.2) is 51.2 Å². The Morgan fingerprint density at radius 1 is 0.342 bits per heavy atom. The molecule has 8 aromatic carbocycles. The molecule has 4 atom stereocenters. The zero-order valence-electron chi connectivity index (χ0n) is 87.2. The van der Waals surface area contributed by atoms with Crippen LogP contribution in [0.3, 0.4) is 0 Å². The lowest BCUT2D eigenvalue weighted by atomic mass is 9.95. The van der Waals surface area contributed by atoms with Crippen molar-refractivity contribution < 1.29 is 138 Å². The molecule has 9 aliphatic heterocycles. The van der Waals surface area contributed by atoms with Gasteiger partial charge < -0.3 is 57.6 Å². The van der Waals surface area contributed by atoms with Gasteiger partial charge in [0.25, 0.3) is 51.9 Å². The van der Waals surface area contributed by atoms with Gasteiger partial charge in [-0.1, -0.05) is 30.3 Å². The zero-order chi connectivity index (χ0) is 108. The van der Waals surface area contributed by atoms with E-state index in [0.29, 0.717) is 202 Å². The number of carbonyl (C=O) groups excluding carboxylic acids is 6. The fourth-order valence-corrected chi connectivity index (χ4v) is 25.9. The Hall–Kier alpha value is -10.8. The molecule has 8 aromatic rings. The maximum atomic E-state index is 13.9. The molecule has 149 heavy (non-hydrogen) atoms. The first-order valence-electron chi connectivity index (χ1n) is 51.0. The summed E-state index contributed by atoms with van der Waals surface area (Å²) in [5, 5.41) is 17.5. The number of aliphatic hydroxyl groups excluding tert-OH is 2. The zero-order valence-corrected chi connectivity index (χ0v) is 90.5. The van der Waals surface area contributed by atoms with Gasteiger partial charge in [0, 0.05) is 147 Å². The number of hydrogen-bond donors (Lipinski definition) is 2. The van der Waals surface area contributed by atoms with Gasteiger partial charge in [-0.15, -0.1) is 0 Å². The molecule has 5 fully saturated rings. The quantitative estimate of drug-likeness (QED) is 0.0209. The van der Waals surface area contributed by atoms with Crippen LogP contribution in [0.1, 0.15) is 260 Å². The lowest BCUT2D eigenvalue weighted by Crippen LogP contribution is -2.42. The number of anilines is 4. The normalized spacial score (nSPS) is 18.7. The summed E-state index contributed by atoms with van der Waals surface area (Å²) >= 11 is 0. The van der Waals surface area contributed by atoms with Crippen LogP contribution in [0.5, 0.6) is 23.0 Å². The summed E-state index contributed by atoms with van der Waals surface area (Å²) in [5.41, 5.74) is 6.52. The molecule has 2 N–H and O–H groups in total. The van der Waals surface area contributed by atoms with Gasteiger partial charge in [0.2, 0.25) is 0 Å². The van der Waals surface area contributed by atoms with Crippen molar-refractivity contribution in [3.63, 3.8) is 0 Å². The minimum atomic E-state index is -4.06. The Bertz CT molecular complexity index is 6410. The van der Waals surface area contributed by atoms with E-state index in [4.69, 9.17) is 47.7 Å². The van der Waals surface area contributed by atoms with Crippen LogP contribution in [-0.4, -0.2) is 202 Å². The summed E-state index contributed by atoms with van der Waals surface area (Å²) in [5.74, 6) is -4.93. The Kier molecular flexibility index (Phi) is 42.9. The Morgan fingerprint density at radius 3 is 0.899 bits per heavy atom. The number of ether oxygens (including phenoxy) is 10. The number of aliphatic hydroxyl groups is 2. The smallest absolute Gasteiger partial charge is 0.310 e. The van der Waals surface area contributed by atoms with Crippen LogP contribution in [0.4, 0.5) is 40.3 Å². The highest BCUT2D eigenvalue weighted by atomic mass is 32.2. The van der Waals surface area contributed by atoms with Gasteiger partial charge in [-0.05, 0) is 345 Å². The van der Waals surface area contributed by atoms with Crippen LogP contribution >= 0.6 is 0 Å². The van der Waals surface area contributed by atoms with Crippen molar-refractivity contribution in [1.29, 1.82) is 0 Å². The van der Waals surface area contributed by atoms with Crippen molar-refractivity contribution in [2.75, 3.05) is 116 Å². The first-order valence-corrected chi connectivity index (χ1v) is 56.8. The molecule has 0 spiro atoms. The molecule has 38 heteroatoms. The third-order valence-corrected chi connectivity index (χ3v) is 35.0. The number of fused-ring (bicyclic) bond motifs is 4. The number of nitrogens with zero attached hydrogens (tertiary/aromatic N) is 4. The Morgan fingerprint density at radius 2 is 0.617 bits per heavy atom. The SMILES string of the molecule is C1CCOC1.CC(=O)OC(C)=O.CC(=O)c1cc(S(=O)(=O)N2c3ccc(C(C)(F)F)cc3CC[C@@H]2C)ccc1OCC1CCOCC1.CC(=O)c1cc(S(=O)(=O)N2c3ccccc3CC[C@@H]2C)ccc1OCC1CCOCC1.CC(=O)c1ccc2c(c1)CC[C@H](C)N2S(=O)(=O)c1ccc(OCC2CCOCC2)c(C(C)=O)c1.CCO.C[C@H]1CCc2cc(C(C)(F)F)ccc2N1S(=O)(=O)c1ccc(OCC2CCOCC2)c(CO)c1. The topological polar surface area (TPSA) is 385 Å². The number of aryl methyl sites for hydroxylation is 4. The van der Waals surface area contributed by atoms with Gasteiger partial charge in [0.05, 0.1) is 92.1 Å². The molecular formula is C111H142F4N4O26S4. The van der Waals surface area contributed by atoms with Gasteiger partial charge >= 0.3 is 11.9 Å². The highest BCUT2D eigenvalue weighted by molar-refractivity contribution is 7.93. The third kappa shape index (κ3) is 31.5. The molecule has 9 heterocycles. The highest BCUT2D eigenvalue weighted by Gasteiger charge is 2.42. The van der Waals surface area contributed by atoms with Crippen molar-refractivity contribution in [2.24, 2.45) is 23.7 Å². The van der Waals surface area contributed by atoms with Crippen LogP contribution in [-0.2, 0) is 122 Å². The predicted octanol–water partition coefficient (Wildman–Crippen LogP) is 19.5. The van der Waals surface area contributed by atoms with E-state index in [1.54, 1.807) is 63.2 Å². The van der Waals surface area contributed by atoms with Gasteiger partial charge in [0.15, 0.2) is 23.1 Å². The van der Waals surface area contributed by atoms with E-state index in [1.807, 2.05) is 38.1 Å². The van der Waals surface area contributed by atoms with E-state index >= 15 is 0 Å². The number of hydrogen-bond acceptors (Lipinski definition) is 26. The number of esters is 2. The molecule has 0 bridgehead atoms. The molecule has 9 aliphatic rings. The summed E-state index contributed by atoms with van der Waals surface area (Å²) in [4.78, 5) is 68.7. The minimum Gasteiger partial charge on any atom is -0.493 e. The van der Waals surface area contributed by atoms with Gasteiger partial charge in [-0.3, -0.25) is 46.0 Å². The molecule has 0 saturated carbocycles. The molecule has 0 radical (unpaired) electrons. The second kappa shape index (κ2) is 54.0. The monoisotopic (exact) mass is 2150 g/mol. The molecular weight excluding hydrogens is 2010 g/mol. The maximum Gasteiger partial charge on any atom is 0.310 e. The number of ketones is 4. The van der Waals surface area contributed by atoms with E-state index in [-0.39, 0.29) is 102 Å². The van der Waals surface area contributed by atoms with Crippen molar-refractivity contribution in [3.05, 3.63) is 213 Å². The average molecular weight is 2150 g/mol. The van der Waals surface area contributed by atoms with Crippen molar-refractivity contribution >= 4 is 97.9 Å². The Labute approximate surface area is 873 Å². The Balaban J connectivity index is 0.000000180. The number of alkyl halides is 4. The van der Waals surface area contributed by atoms with Crippen molar-refractivity contribution in [2.45, 2.75) is 268 Å². The van der Waals surface area contributed by atoms with E-state index in [0.717, 1.165) is 116 Å². The second-order valence-electron chi connectivity index (χ2n) is 39.0. The lowest BCUT2D eigenvalue weighted by Gasteiger charge is -2.36. The average Bonchev–Trinajstić information content (AvgIpc) is 1.20. The third-order valence-electron chi connectivity index (χ3n) is 27.3. The number of benzene rings is 8. The van der Waals surface area contributed by atoms with E-state index in [2.05, 4.69) is 4.74 Å². The summed E-state index contributed by atoms with van der Waals surface area (Å²) in [6.45, 7) is 28.2. The number of halogens is 4. The summed E-state index contributed by atoms with van der Waals surface area (Å²) in [6.07, 6.45) is 14.7. The molecule has 5 saturated heterocycles. The molecule has 814 valence electrons. The molecule has 0 amide bonds. The molecule has 17 rings (SSSR count). The largest absolute Gasteiger partial charge is 0.493 e.